The summed E-state index contributed by atoms with van der Waals surface area (Å²) >= 11 is 0. The maximum atomic E-state index is 12.8. The smallest absolute Gasteiger partial charge is 0.361 e. The summed E-state index contributed by atoms with van der Waals surface area (Å²) in [6, 6.07) is 0. The van der Waals surface area contributed by atoms with E-state index in [9.17, 15) is 19.5 Å². The molecular formula is C67H128NO8+. The average molecular weight is 1080 g/mol. The molecule has 0 saturated carbocycles. The fourth-order valence-corrected chi connectivity index (χ4v) is 9.86. The zero-order valence-electron chi connectivity index (χ0n) is 51.2. The van der Waals surface area contributed by atoms with Crippen molar-refractivity contribution in [1.82, 2.24) is 0 Å². The zero-order chi connectivity index (χ0) is 55.5. The number of carbonyl (C=O) groups excluding carboxylic acids is 2. The molecule has 9 nitrogen and oxygen atoms in total. The minimum absolute atomic E-state index is 0.183. The largest absolute Gasteiger partial charge is 0.477 e. The number of ether oxygens (including phenoxy) is 4. The van der Waals surface area contributed by atoms with Gasteiger partial charge in [-0.3, -0.25) is 9.59 Å². The van der Waals surface area contributed by atoms with E-state index < -0.39 is 24.3 Å². The fourth-order valence-electron chi connectivity index (χ4n) is 9.86. The highest BCUT2D eigenvalue weighted by Gasteiger charge is 2.25. The van der Waals surface area contributed by atoms with Gasteiger partial charge >= 0.3 is 17.9 Å². The third-order valence-electron chi connectivity index (χ3n) is 15.0. The molecule has 0 aliphatic rings. The molecule has 9 heteroatoms. The lowest BCUT2D eigenvalue weighted by molar-refractivity contribution is -0.870. The quantitative estimate of drug-likeness (QED) is 0.0211. The van der Waals surface area contributed by atoms with Crippen LogP contribution in [-0.4, -0.2) is 87.4 Å². The Morgan fingerprint density at radius 1 is 0.395 bits per heavy atom. The second-order valence-corrected chi connectivity index (χ2v) is 23.8. The molecule has 0 aliphatic carbocycles. The summed E-state index contributed by atoms with van der Waals surface area (Å²) in [4.78, 5) is 37.4. The highest BCUT2D eigenvalue weighted by atomic mass is 16.7. The van der Waals surface area contributed by atoms with E-state index in [0.29, 0.717) is 23.9 Å². The molecule has 0 rings (SSSR count). The van der Waals surface area contributed by atoms with Gasteiger partial charge in [0.05, 0.1) is 34.4 Å². The van der Waals surface area contributed by atoms with Crippen LogP contribution in [-0.2, 0) is 33.3 Å². The van der Waals surface area contributed by atoms with Gasteiger partial charge < -0.3 is 28.5 Å². The van der Waals surface area contributed by atoms with Crippen LogP contribution in [0.3, 0.4) is 0 Å². The van der Waals surface area contributed by atoms with E-state index in [4.69, 9.17) is 18.9 Å². The lowest BCUT2D eigenvalue weighted by atomic mass is 10.0. The monoisotopic (exact) mass is 1070 g/mol. The highest BCUT2D eigenvalue weighted by molar-refractivity contribution is 5.71. The van der Waals surface area contributed by atoms with Crippen molar-refractivity contribution in [3.8, 4) is 0 Å². The third kappa shape index (κ3) is 59.4. The molecule has 2 unspecified atom stereocenters. The van der Waals surface area contributed by atoms with Gasteiger partial charge in [-0.15, -0.1) is 0 Å². The van der Waals surface area contributed by atoms with Gasteiger partial charge in [-0.1, -0.05) is 301 Å². The maximum Gasteiger partial charge on any atom is 0.361 e. The molecule has 0 heterocycles. The second kappa shape index (κ2) is 58.9. The van der Waals surface area contributed by atoms with E-state index in [0.717, 1.165) is 64.2 Å². The van der Waals surface area contributed by atoms with Crippen LogP contribution in [0, 0.1) is 0 Å². The Bertz CT molecular complexity index is 1300. The molecule has 0 aliphatic heterocycles. The minimum atomic E-state index is -1.51. The van der Waals surface area contributed by atoms with Gasteiger partial charge in [0.2, 0.25) is 0 Å². The van der Waals surface area contributed by atoms with E-state index >= 15 is 0 Å². The molecule has 0 radical (unpaired) electrons. The van der Waals surface area contributed by atoms with Crippen molar-refractivity contribution < 1.29 is 42.9 Å². The SMILES string of the molecule is CCCC/C=C\C/C=C\CCCCCCCC(=O)OC(COC(=O)CCCCCCCCCCCCCCCCCCCCCCCCCCCCCCCCCCCCCCC)COC(OCC[N+](C)(C)C)C(=O)O. The van der Waals surface area contributed by atoms with Crippen LogP contribution in [0.4, 0.5) is 0 Å². The summed E-state index contributed by atoms with van der Waals surface area (Å²) in [5.41, 5.74) is 0. The molecule has 0 bridgehead atoms. The minimum Gasteiger partial charge on any atom is -0.477 e. The van der Waals surface area contributed by atoms with Crippen molar-refractivity contribution in [3.63, 3.8) is 0 Å². The number of esters is 2. The first kappa shape index (κ1) is 73.8. The number of carboxylic acids is 1. The summed E-state index contributed by atoms with van der Waals surface area (Å²) in [5.74, 6) is -2.01. The summed E-state index contributed by atoms with van der Waals surface area (Å²) in [6.07, 6.45) is 68.9. The van der Waals surface area contributed by atoms with Gasteiger partial charge in [0.25, 0.3) is 6.29 Å². The van der Waals surface area contributed by atoms with Crippen LogP contribution in [0.25, 0.3) is 0 Å². The molecule has 0 fully saturated rings. The first-order valence-corrected chi connectivity index (χ1v) is 33.0. The Hall–Kier alpha value is -2.23. The van der Waals surface area contributed by atoms with Gasteiger partial charge in [0.15, 0.2) is 6.10 Å². The Balaban J connectivity index is 3.91. The van der Waals surface area contributed by atoms with E-state index in [1.807, 2.05) is 21.1 Å². The first-order chi connectivity index (χ1) is 37.1. The Kier molecular flexibility index (Phi) is 57.2. The normalized spacial score (nSPS) is 12.8. The van der Waals surface area contributed by atoms with Crippen LogP contribution >= 0.6 is 0 Å². The topological polar surface area (TPSA) is 108 Å². The number of unbranched alkanes of at least 4 members (excludes halogenated alkanes) is 43. The summed E-state index contributed by atoms with van der Waals surface area (Å²) in [6.45, 7) is 4.87. The average Bonchev–Trinajstić information content (AvgIpc) is 3.39. The molecule has 0 saturated heterocycles. The number of likely N-dealkylation sites (N-methyl/N-ethyl adjacent to an activating group) is 1. The summed E-state index contributed by atoms with van der Waals surface area (Å²) in [7, 11) is 5.97. The predicted molar refractivity (Wildman–Crippen MR) is 323 cm³/mol. The van der Waals surface area contributed by atoms with Crippen molar-refractivity contribution in [1.29, 1.82) is 0 Å². The number of rotatable bonds is 62. The number of hydrogen-bond donors (Lipinski definition) is 1. The second-order valence-electron chi connectivity index (χ2n) is 23.8. The Morgan fingerprint density at radius 3 is 1.08 bits per heavy atom. The molecule has 0 aromatic rings. The lowest BCUT2D eigenvalue weighted by Gasteiger charge is -2.25. The Morgan fingerprint density at radius 2 is 0.724 bits per heavy atom. The molecule has 2 atom stereocenters. The van der Waals surface area contributed by atoms with Crippen molar-refractivity contribution in [2.45, 2.75) is 341 Å². The van der Waals surface area contributed by atoms with Crippen LogP contribution in [0.15, 0.2) is 24.3 Å². The lowest BCUT2D eigenvalue weighted by Crippen LogP contribution is -2.40. The highest BCUT2D eigenvalue weighted by Crippen LogP contribution is 2.19. The fraction of sp³-hybridized carbons (Fsp3) is 0.896. The van der Waals surface area contributed by atoms with E-state index in [-0.39, 0.29) is 32.2 Å². The van der Waals surface area contributed by atoms with Gasteiger partial charge in [0, 0.05) is 12.8 Å². The van der Waals surface area contributed by atoms with E-state index in [2.05, 4.69) is 38.2 Å². The summed E-state index contributed by atoms with van der Waals surface area (Å²) < 4.78 is 22.9. The maximum absolute atomic E-state index is 12.8. The van der Waals surface area contributed by atoms with E-state index in [1.54, 1.807) is 0 Å². The molecule has 0 aromatic carbocycles. The van der Waals surface area contributed by atoms with Crippen LogP contribution in [0.1, 0.15) is 328 Å². The number of quaternary nitrogens is 1. The first-order valence-electron chi connectivity index (χ1n) is 33.0. The van der Waals surface area contributed by atoms with Gasteiger partial charge in [-0.05, 0) is 38.5 Å². The number of carboxylic acid groups (broad SMARTS) is 1. The van der Waals surface area contributed by atoms with Crippen molar-refractivity contribution in [2.75, 3.05) is 47.5 Å². The van der Waals surface area contributed by atoms with Crippen LogP contribution in [0.2, 0.25) is 0 Å². The molecule has 0 spiro atoms. The van der Waals surface area contributed by atoms with Crippen LogP contribution < -0.4 is 0 Å². The van der Waals surface area contributed by atoms with Crippen molar-refractivity contribution in [2.24, 2.45) is 0 Å². The predicted octanol–water partition coefficient (Wildman–Crippen LogP) is 19.9. The molecule has 448 valence electrons. The molecule has 0 amide bonds. The number of allylic oxidation sites excluding steroid dienone is 4. The van der Waals surface area contributed by atoms with Gasteiger partial charge in [0.1, 0.15) is 13.2 Å². The van der Waals surface area contributed by atoms with Crippen molar-refractivity contribution in [3.05, 3.63) is 24.3 Å². The number of hydrogen-bond acceptors (Lipinski definition) is 7. The molecule has 76 heavy (non-hydrogen) atoms. The van der Waals surface area contributed by atoms with E-state index in [1.165, 1.54) is 231 Å². The number of aliphatic carboxylic acids is 1. The molecule has 0 aromatic heterocycles. The molecular weight excluding hydrogens is 947 g/mol. The zero-order valence-corrected chi connectivity index (χ0v) is 51.2. The molecule has 1 N–H and O–H groups in total. The van der Waals surface area contributed by atoms with Gasteiger partial charge in [-0.2, -0.15) is 0 Å². The summed E-state index contributed by atoms with van der Waals surface area (Å²) in [5, 5.41) is 9.70. The standard InChI is InChI=1S/C67H127NO8/c1-6-8-10-12-14-16-18-20-22-23-24-25-26-27-28-29-30-31-32-33-34-35-36-37-38-39-40-41-42-43-44-46-47-49-51-53-55-57-64(69)74-61-63(62-75-67(66(71)72)73-60-59-68(3,4)5)76-65(70)58-56-54-52-50-48-45-21-19-17-15-13-11-9-7-2/h13,15,19,21,63,67H,6-12,14,16-18,20,22-62H2,1-5H3/p+1/b15-13-,21-19-. The van der Waals surface area contributed by atoms with Crippen molar-refractivity contribution >= 4 is 17.9 Å². The Labute approximate surface area is 471 Å². The van der Waals surface area contributed by atoms with Crippen LogP contribution in [0.5, 0.6) is 0 Å². The number of nitrogens with zero attached hydrogens (tertiary/aromatic N) is 1. The number of carbonyl (C=O) groups is 3. The van der Waals surface area contributed by atoms with Gasteiger partial charge in [-0.25, -0.2) is 4.79 Å². The third-order valence-corrected chi connectivity index (χ3v) is 15.0.